The maximum atomic E-state index is 13.2. The molecule has 0 spiro atoms. The van der Waals surface area contributed by atoms with Crippen LogP contribution in [0.5, 0.6) is 5.75 Å². The van der Waals surface area contributed by atoms with E-state index in [9.17, 15) is 17.6 Å². The third kappa shape index (κ3) is 4.51. The monoisotopic (exact) mass is 400 g/mol. The number of halogens is 2. The van der Waals surface area contributed by atoms with Crippen molar-refractivity contribution in [2.45, 2.75) is 11.8 Å². The molecule has 0 atom stereocenters. The molecule has 0 bridgehead atoms. The Balaban J connectivity index is 2.17. The first-order chi connectivity index (χ1) is 12.1. The van der Waals surface area contributed by atoms with E-state index in [1.807, 2.05) is 0 Å². The van der Waals surface area contributed by atoms with E-state index in [0.29, 0.717) is 0 Å². The number of sulfonamides is 1. The van der Waals surface area contributed by atoms with Gasteiger partial charge in [-0.3, -0.25) is 4.79 Å². The molecular formula is C17H18ClFN2O4S. The van der Waals surface area contributed by atoms with E-state index < -0.39 is 28.3 Å². The molecule has 0 fully saturated rings. The molecule has 0 unspecified atom stereocenters. The van der Waals surface area contributed by atoms with Crippen LogP contribution in [-0.2, 0) is 14.8 Å². The van der Waals surface area contributed by atoms with Crippen LogP contribution in [0.1, 0.15) is 5.56 Å². The zero-order chi connectivity index (χ0) is 19.5. The van der Waals surface area contributed by atoms with Gasteiger partial charge in [0, 0.05) is 12.7 Å². The van der Waals surface area contributed by atoms with Gasteiger partial charge in [-0.05, 0) is 42.8 Å². The fraction of sp³-hybridized carbons (Fsp3) is 0.235. The predicted molar refractivity (Wildman–Crippen MR) is 97.6 cm³/mol. The van der Waals surface area contributed by atoms with Gasteiger partial charge in [-0.1, -0.05) is 17.7 Å². The van der Waals surface area contributed by atoms with E-state index in [2.05, 4.69) is 5.32 Å². The van der Waals surface area contributed by atoms with E-state index in [4.69, 9.17) is 16.3 Å². The number of likely N-dealkylation sites (N-methyl/N-ethyl adjacent to an activating group) is 1. The molecule has 140 valence electrons. The largest absolute Gasteiger partial charge is 0.495 e. The van der Waals surface area contributed by atoms with E-state index in [0.717, 1.165) is 15.9 Å². The van der Waals surface area contributed by atoms with Crippen molar-refractivity contribution in [1.29, 1.82) is 0 Å². The molecule has 0 radical (unpaired) electrons. The van der Waals surface area contributed by atoms with Gasteiger partial charge >= 0.3 is 0 Å². The highest BCUT2D eigenvalue weighted by atomic mass is 35.5. The summed E-state index contributed by atoms with van der Waals surface area (Å²) in [6.07, 6.45) is 0. The number of ether oxygens (including phenoxy) is 1. The number of nitrogens with zero attached hydrogens (tertiary/aromatic N) is 1. The minimum Gasteiger partial charge on any atom is -0.495 e. The van der Waals surface area contributed by atoms with Crippen LogP contribution in [0.2, 0.25) is 5.02 Å². The first-order valence-electron chi connectivity index (χ1n) is 7.51. The van der Waals surface area contributed by atoms with Crippen molar-refractivity contribution >= 4 is 33.2 Å². The summed E-state index contributed by atoms with van der Waals surface area (Å²) in [6.45, 7) is 1.32. The number of anilines is 1. The lowest BCUT2D eigenvalue weighted by atomic mass is 10.2. The molecule has 0 aliphatic heterocycles. The normalized spacial score (nSPS) is 11.5. The second-order valence-electron chi connectivity index (χ2n) is 5.59. The Kier molecular flexibility index (Phi) is 6.22. The lowest BCUT2D eigenvalue weighted by Crippen LogP contribution is -2.35. The second-order valence-corrected chi connectivity index (χ2v) is 8.01. The van der Waals surface area contributed by atoms with Gasteiger partial charge < -0.3 is 10.1 Å². The molecule has 9 heteroatoms. The van der Waals surface area contributed by atoms with Gasteiger partial charge in [-0.2, -0.15) is 4.31 Å². The van der Waals surface area contributed by atoms with Crippen molar-refractivity contribution in [2.75, 3.05) is 26.0 Å². The molecule has 2 rings (SSSR count). The van der Waals surface area contributed by atoms with Gasteiger partial charge in [0.15, 0.2) is 0 Å². The third-order valence-corrected chi connectivity index (χ3v) is 5.69. The number of hydrogen-bond acceptors (Lipinski definition) is 4. The van der Waals surface area contributed by atoms with Crippen molar-refractivity contribution in [3.8, 4) is 5.75 Å². The Bertz CT molecular complexity index is 934. The van der Waals surface area contributed by atoms with E-state index in [1.165, 1.54) is 32.4 Å². The highest BCUT2D eigenvalue weighted by Crippen LogP contribution is 2.27. The minimum absolute atomic E-state index is 0.0277. The Morgan fingerprint density at radius 3 is 2.58 bits per heavy atom. The van der Waals surface area contributed by atoms with E-state index in [-0.39, 0.29) is 21.4 Å². The smallest absolute Gasteiger partial charge is 0.246 e. The maximum Gasteiger partial charge on any atom is 0.246 e. The minimum atomic E-state index is -3.95. The van der Waals surface area contributed by atoms with Crippen LogP contribution >= 0.6 is 11.6 Å². The Morgan fingerprint density at radius 1 is 1.27 bits per heavy atom. The first kappa shape index (κ1) is 20.2. The van der Waals surface area contributed by atoms with Crippen LogP contribution in [0.15, 0.2) is 41.3 Å². The Morgan fingerprint density at radius 2 is 1.96 bits per heavy atom. The molecule has 0 aromatic heterocycles. The zero-order valence-corrected chi connectivity index (χ0v) is 16.0. The van der Waals surface area contributed by atoms with E-state index >= 15 is 0 Å². The molecule has 0 heterocycles. The molecule has 2 aromatic carbocycles. The summed E-state index contributed by atoms with van der Waals surface area (Å²) >= 11 is 5.66. The van der Waals surface area contributed by atoms with Crippen molar-refractivity contribution < 1.29 is 22.3 Å². The number of rotatable bonds is 6. The molecular weight excluding hydrogens is 383 g/mol. The summed E-state index contributed by atoms with van der Waals surface area (Å²) in [4.78, 5) is 12.1. The molecule has 0 aliphatic carbocycles. The van der Waals surface area contributed by atoms with Gasteiger partial charge in [-0.15, -0.1) is 0 Å². The van der Waals surface area contributed by atoms with Crippen molar-refractivity contribution in [2.24, 2.45) is 0 Å². The van der Waals surface area contributed by atoms with Crippen molar-refractivity contribution in [1.82, 2.24) is 4.31 Å². The molecule has 1 amide bonds. The third-order valence-electron chi connectivity index (χ3n) is 3.58. The van der Waals surface area contributed by atoms with Gasteiger partial charge in [0.05, 0.1) is 18.7 Å². The Hall–Kier alpha value is -2.16. The SMILES string of the molecule is COc1ccc(C)cc1S(=O)(=O)N(C)CC(=O)Nc1ccc(F)c(Cl)c1. The first-order valence-corrected chi connectivity index (χ1v) is 9.33. The number of nitrogens with one attached hydrogen (secondary N) is 1. The van der Waals surface area contributed by atoms with Gasteiger partial charge in [0.25, 0.3) is 0 Å². The summed E-state index contributed by atoms with van der Waals surface area (Å²) in [6, 6.07) is 8.43. The Labute approximate surface area is 156 Å². The number of carbonyl (C=O) groups excluding carboxylic acids is 1. The molecule has 0 saturated heterocycles. The topological polar surface area (TPSA) is 75.7 Å². The van der Waals surface area contributed by atoms with E-state index in [1.54, 1.807) is 19.1 Å². The van der Waals surface area contributed by atoms with Crippen LogP contribution in [-0.4, -0.2) is 39.3 Å². The number of benzene rings is 2. The number of hydrogen-bond donors (Lipinski definition) is 1. The zero-order valence-electron chi connectivity index (χ0n) is 14.4. The van der Waals surface area contributed by atoms with Gasteiger partial charge in [0.1, 0.15) is 16.5 Å². The summed E-state index contributed by atoms with van der Waals surface area (Å²) in [5.74, 6) is -1.02. The number of aryl methyl sites for hydroxylation is 1. The molecule has 0 saturated carbocycles. The van der Waals surface area contributed by atoms with Crippen LogP contribution in [0.3, 0.4) is 0 Å². The van der Waals surface area contributed by atoms with Crippen LogP contribution in [0.25, 0.3) is 0 Å². The quantitative estimate of drug-likeness (QED) is 0.808. The van der Waals surface area contributed by atoms with Gasteiger partial charge in [-0.25, -0.2) is 12.8 Å². The lowest BCUT2D eigenvalue weighted by Gasteiger charge is -2.19. The number of amides is 1. The fourth-order valence-electron chi connectivity index (χ4n) is 2.22. The number of carbonyl (C=O) groups is 1. The predicted octanol–water partition coefficient (Wildman–Crippen LogP) is 3.06. The molecule has 1 N–H and O–H groups in total. The number of methoxy groups -OCH3 is 1. The maximum absolute atomic E-state index is 13.2. The molecule has 26 heavy (non-hydrogen) atoms. The fourth-order valence-corrected chi connectivity index (χ4v) is 3.76. The summed E-state index contributed by atoms with van der Waals surface area (Å²) < 4.78 is 44.7. The lowest BCUT2D eigenvalue weighted by molar-refractivity contribution is -0.116. The van der Waals surface area contributed by atoms with Crippen LogP contribution < -0.4 is 10.1 Å². The molecule has 0 aliphatic rings. The van der Waals surface area contributed by atoms with Crippen LogP contribution in [0.4, 0.5) is 10.1 Å². The summed E-state index contributed by atoms with van der Waals surface area (Å²) in [5.41, 5.74) is 1.00. The highest BCUT2D eigenvalue weighted by Gasteiger charge is 2.26. The second kappa shape index (κ2) is 8.03. The van der Waals surface area contributed by atoms with Gasteiger partial charge in [0.2, 0.25) is 15.9 Å². The van der Waals surface area contributed by atoms with Crippen LogP contribution in [0, 0.1) is 12.7 Å². The van der Waals surface area contributed by atoms with Crippen molar-refractivity contribution in [3.63, 3.8) is 0 Å². The van der Waals surface area contributed by atoms with Crippen molar-refractivity contribution in [3.05, 3.63) is 52.8 Å². The standard InChI is InChI=1S/C17H18ClFN2O4S/c1-11-4-7-15(25-3)16(8-11)26(23,24)21(2)10-17(22)20-12-5-6-14(19)13(18)9-12/h4-9H,10H2,1-3H3,(H,20,22). The average molecular weight is 401 g/mol. The molecule has 6 nitrogen and oxygen atoms in total. The average Bonchev–Trinajstić information content (AvgIpc) is 2.58. The molecule has 2 aromatic rings. The summed E-state index contributed by atoms with van der Waals surface area (Å²) in [7, 11) is -1.29. The summed E-state index contributed by atoms with van der Waals surface area (Å²) in [5, 5.41) is 2.33. The highest BCUT2D eigenvalue weighted by molar-refractivity contribution is 7.89.